The first-order chi connectivity index (χ1) is 28.4. The van der Waals surface area contributed by atoms with Crippen LogP contribution in [0.2, 0.25) is 0 Å². The predicted molar refractivity (Wildman–Crippen MR) is 244 cm³/mol. The minimum atomic E-state index is -4.39. The number of hydrogen-bond donors (Lipinski definition) is 2. The molecule has 0 aromatic carbocycles. The molecule has 0 amide bonds. The van der Waals surface area contributed by atoms with Crippen molar-refractivity contribution in [3.05, 3.63) is 48.6 Å². The number of carbonyl (C=O) groups is 2. The number of allylic oxidation sites excluding steroid dienone is 7. The number of nitrogens with zero attached hydrogens (tertiary/aromatic N) is 1. The third-order valence-corrected chi connectivity index (χ3v) is 11.0. The van der Waals surface area contributed by atoms with Crippen LogP contribution in [0.25, 0.3) is 0 Å². The average Bonchev–Trinajstić information content (AvgIpc) is 3.18. The van der Waals surface area contributed by atoms with Crippen molar-refractivity contribution < 1.29 is 47.2 Å². The van der Waals surface area contributed by atoms with Crippen molar-refractivity contribution in [1.82, 2.24) is 0 Å². The summed E-state index contributed by atoms with van der Waals surface area (Å²) in [6.45, 7) is 4.26. The number of unbranched alkanes of at least 4 members (excludes halogenated alkanes) is 19. The summed E-state index contributed by atoms with van der Waals surface area (Å²) in [5.41, 5.74) is 0. The van der Waals surface area contributed by atoms with Crippen LogP contribution in [-0.2, 0) is 32.7 Å². The molecule has 0 aromatic rings. The number of ether oxygens (including phenoxy) is 2. The summed E-state index contributed by atoms with van der Waals surface area (Å²) in [5.74, 6) is -0.852. The van der Waals surface area contributed by atoms with Gasteiger partial charge in [-0.3, -0.25) is 18.6 Å². The van der Waals surface area contributed by atoms with Gasteiger partial charge in [-0.2, -0.15) is 0 Å². The zero-order valence-electron chi connectivity index (χ0n) is 38.3. The van der Waals surface area contributed by atoms with Gasteiger partial charge in [-0.15, -0.1) is 0 Å². The Balaban J connectivity index is 4.42. The number of aliphatic hydroxyl groups is 1. The van der Waals surface area contributed by atoms with Gasteiger partial charge < -0.3 is 24.0 Å². The Bertz CT molecular complexity index is 1160. The van der Waals surface area contributed by atoms with E-state index in [0.29, 0.717) is 17.4 Å². The van der Waals surface area contributed by atoms with Crippen LogP contribution in [0.3, 0.4) is 0 Å². The van der Waals surface area contributed by atoms with Crippen LogP contribution in [0.15, 0.2) is 48.6 Å². The molecule has 0 aliphatic rings. The summed E-state index contributed by atoms with van der Waals surface area (Å²) >= 11 is 0. The van der Waals surface area contributed by atoms with E-state index in [-0.39, 0.29) is 38.1 Å². The number of phosphoric acid groups is 1. The number of quaternary nitrogens is 1. The second kappa shape index (κ2) is 40.0. The molecule has 0 saturated heterocycles. The topological polar surface area (TPSA) is 129 Å². The van der Waals surface area contributed by atoms with Crippen molar-refractivity contribution in [1.29, 1.82) is 0 Å². The Kier molecular flexibility index (Phi) is 38.6. The van der Waals surface area contributed by atoms with E-state index < -0.39 is 26.5 Å². The summed E-state index contributed by atoms with van der Waals surface area (Å²) in [5, 5.41) is 9.91. The van der Waals surface area contributed by atoms with E-state index in [4.69, 9.17) is 18.5 Å². The Morgan fingerprint density at radius 2 is 1.12 bits per heavy atom. The number of hydrogen-bond acceptors (Lipinski definition) is 8. The van der Waals surface area contributed by atoms with Gasteiger partial charge in [-0.1, -0.05) is 178 Å². The number of aliphatic hydroxyl groups excluding tert-OH is 1. The van der Waals surface area contributed by atoms with Gasteiger partial charge in [0.05, 0.1) is 33.9 Å². The van der Waals surface area contributed by atoms with E-state index in [1.807, 2.05) is 39.4 Å². The molecule has 0 fully saturated rings. The molecule has 0 aliphatic carbocycles. The molecule has 0 heterocycles. The molecule has 3 atom stereocenters. The van der Waals surface area contributed by atoms with E-state index in [1.54, 1.807) is 0 Å². The van der Waals surface area contributed by atoms with Crippen molar-refractivity contribution in [2.24, 2.45) is 0 Å². The molecular weight excluding hydrogens is 765 g/mol. The van der Waals surface area contributed by atoms with Gasteiger partial charge in [0.25, 0.3) is 0 Å². The van der Waals surface area contributed by atoms with E-state index in [1.165, 1.54) is 77.0 Å². The lowest BCUT2D eigenvalue weighted by molar-refractivity contribution is -0.870. The Labute approximate surface area is 361 Å². The maximum Gasteiger partial charge on any atom is 0.472 e. The van der Waals surface area contributed by atoms with Crippen molar-refractivity contribution in [2.45, 2.75) is 199 Å². The normalized spacial score (nSPS) is 14.5. The van der Waals surface area contributed by atoms with E-state index in [0.717, 1.165) is 77.0 Å². The van der Waals surface area contributed by atoms with Crippen LogP contribution in [0, 0.1) is 0 Å². The predicted octanol–water partition coefficient (Wildman–Crippen LogP) is 12.4. The summed E-state index contributed by atoms with van der Waals surface area (Å²) in [4.78, 5) is 35.4. The number of esters is 2. The van der Waals surface area contributed by atoms with E-state index >= 15 is 0 Å². The van der Waals surface area contributed by atoms with Crippen LogP contribution in [-0.4, -0.2) is 86.1 Å². The number of rotatable bonds is 42. The Hall–Kier alpha value is -2.07. The van der Waals surface area contributed by atoms with E-state index in [9.17, 15) is 24.2 Å². The third-order valence-electron chi connectivity index (χ3n) is 9.97. The molecule has 11 heteroatoms. The highest BCUT2D eigenvalue weighted by atomic mass is 31.2. The maximum absolute atomic E-state index is 12.7. The fourth-order valence-corrected chi connectivity index (χ4v) is 6.97. The highest BCUT2D eigenvalue weighted by Crippen LogP contribution is 2.43. The quantitative estimate of drug-likeness (QED) is 0.0154. The summed E-state index contributed by atoms with van der Waals surface area (Å²) in [6.07, 6.45) is 43.3. The first-order valence-corrected chi connectivity index (χ1v) is 25.0. The first kappa shape index (κ1) is 56.9. The lowest BCUT2D eigenvalue weighted by Crippen LogP contribution is -2.37. The van der Waals surface area contributed by atoms with Crippen LogP contribution in [0.1, 0.15) is 187 Å². The molecule has 0 rings (SSSR count). The standard InChI is InChI=1S/C48H88NO9P/c1-6-8-10-11-12-13-14-15-16-19-22-25-28-31-35-39-47(51)55-43-46(44-57-59(53,54)56-42-41-49(3,4)5)58-48(52)40-36-32-29-26-23-20-17-18-21-24-27-30-34-38-45(50)37-33-9-7-2/h18,20-21,23,27,30,34,38,45-46,50H,6-17,19,22,24-26,28-29,31-33,35-37,39-44H2,1-5H3/p+1/b21-18-,23-20-,30-27-,38-34+/t45-,46+/m0/s1. The zero-order valence-corrected chi connectivity index (χ0v) is 39.2. The lowest BCUT2D eigenvalue weighted by Gasteiger charge is -2.24. The molecule has 0 bridgehead atoms. The SMILES string of the molecule is CCCCCCCCCCCCCCCCCC(=O)OC[C@H](COP(=O)(O)OCC[N+](C)(C)C)OC(=O)CCCCC/C=C\C/C=C\C/C=C\C=C\[C@@H](O)CCCCC. The van der Waals surface area contributed by atoms with Crippen LogP contribution in [0.4, 0.5) is 0 Å². The highest BCUT2D eigenvalue weighted by Gasteiger charge is 2.27. The minimum Gasteiger partial charge on any atom is -0.462 e. The van der Waals surface area contributed by atoms with Gasteiger partial charge in [0, 0.05) is 12.8 Å². The van der Waals surface area contributed by atoms with Gasteiger partial charge in [-0.05, 0) is 44.9 Å². The van der Waals surface area contributed by atoms with Gasteiger partial charge >= 0.3 is 19.8 Å². The van der Waals surface area contributed by atoms with Crippen molar-refractivity contribution in [3.63, 3.8) is 0 Å². The highest BCUT2D eigenvalue weighted by molar-refractivity contribution is 7.47. The molecule has 0 saturated carbocycles. The smallest absolute Gasteiger partial charge is 0.462 e. The van der Waals surface area contributed by atoms with Gasteiger partial charge in [-0.25, -0.2) is 4.57 Å². The Morgan fingerprint density at radius 3 is 1.71 bits per heavy atom. The molecule has 344 valence electrons. The molecule has 0 radical (unpaired) electrons. The zero-order chi connectivity index (χ0) is 43.7. The average molecular weight is 855 g/mol. The van der Waals surface area contributed by atoms with E-state index in [2.05, 4.69) is 44.2 Å². The third kappa shape index (κ3) is 43.8. The molecule has 10 nitrogen and oxygen atoms in total. The Morgan fingerprint density at radius 1 is 0.610 bits per heavy atom. The fourth-order valence-electron chi connectivity index (χ4n) is 6.23. The summed E-state index contributed by atoms with van der Waals surface area (Å²) < 4.78 is 34.3. The molecule has 2 N–H and O–H groups in total. The second-order valence-electron chi connectivity index (χ2n) is 17.0. The molecule has 1 unspecified atom stereocenters. The fraction of sp³-hybridized carbons (Fsp3) is 0.792. The largest absolute Gasteiger partial charge is 0.472 e. The molecule has 59 heavy (non-hydrogen) atoms. The van der Waals surface area contributed by atoms with Crippen molar-refractivity contribution in [2.75, 3.05) is 47.5 Å². The number of likely N-dealkylation sites (N-methyl/N-ethyl adjacent to an activating group) is 1. The lowest BCUT2D eigenvalue weighted by atomic mass is 10.0. The van der Waals surface area contributed by atoms with Crippen LogP contribution >= 0.6 is 7.82 Å². The van der Waals surface area contributed by atoms with Crippen molar-refractivity contribution >= 4 is 19.8 Å². The maximum atomic E-state index is 12.7. The molecule has 0 aromatic heterocycles. The van der Waals surface area contributed by atoms with Crippen LogP contribution in [0.5, 0.6) is 0 Å². The monoisotopic (exact) mass is 855 g/mol. The van der Waals surface area contributed by atoms with Crippen molar-refractivity contribution in [3.8, 4) is 0 Å². The summed E-state index contributed by atoms with van der Waals surface area (Å²) in [6, 6.07) is 0. The van der Waals surface area contributed by atoms with Gasteiger partial charge in [0.2, 0.25) is 0 Å². The van der Waals surface area contributed by atoms with Gasteiger partial charge in [0.15, 0.2) is 6.10 Å². The molecule has 0 spiro atoms. The first-order valence-electron chi connectivity index (χ1n) is 23.5. The summed E-state index contributed by atoms with van der Waals surface area (Å²) in [7, 11) is 1.43. The van der Waals surface area contributed by atoms with Crippen LogP contribution < -0.4 is 0 Å². The molecule has 0 aliphatic heterocycles. The van der Waals surface area contributed by atoms with Gasteiger partial charge in [0.1, 0.15) is 19.8 Å². The minimum absolute atomic E-state index is 0.0178. The number of phosphoric ester groups is 1. The second-order valence-corrected chi connectivity index (χ2v) is 18.4. The number of carbonyl (C=O) groups excluding carboxylic acids is 2. The molecular formula is C48H89NO9P+.